The van der Waals surface area contributed by atoms with E-state index in [1.807, 2.05) is 0 Å². The summed E-state index contributed by atoms with van der Waals surface area (Å²) in [6.45, 7) is -2.81. The second kappa shape index (κ2) is 9.61. The Morgan fingerprint density at radius 1 is 0.588 bits per heavy atom. The second-order valence-corrected chi connectivity index (χ2v) is 6.54. The van der Waals surface area contributed by atoms with E-state index in [2.05, 4.69) is 4.74 Å². The summed E-state index contributed by atoms with van der Waals surface area (Å²) < 4.78 is 144. The van der Waals surface area contributed by atoms with Crippen LogP contribution in [0.2, 0.25) is 0 Å². The standard InChI is InChI=1S/C21H7BF10O2/c23-11-9(12(24)16(28)19(31)15(11)27)22(6-7-34-21(33)8-4-2-1-3-5-8)10-13(25)17(29)20(32)18(30)14(10)26/h1-7H/b7-6+. The molecule has 3 aromatic rings. The third kappa shape index (κ3) is 4.25. The highest BCUT2D eigenvalue weighted by Crippen LogP contribution is 2.21. The lowest BCUT2D eigenvalue weighted by Crippen LogP contribution is -2.49. The van der Waals surface area contributed by atoms with Crippen LogP contribution >= 0.6 is 0 Å². The van der Waals surface area contributed by atoms with Gasteiger partial charge in [-0.25, -0.2) is 48.7 Å². The first kappa shape index (κ1) is 24.9. The molecule has 3 aromatic carbocycles. The van der Waals surface area contributed by atoms with Crippen molar-refractivity contribution in [1.82, 2.24) is 0 Å². The Hall–Kier alpha value is -3.77. The first-order valence-electron chi connectivity index (χ1n) is 8.94. The SMILES string of the molecule is O=C(O/C=C/B(c1c(F)c(F)c(F)c(F)c1F)c1c(F)c(F)c(F)c(F)c1F)c1ccccc1. The summed E-state index contributed by atoms with van der Waals surface area (Å²) >= 11 is 0. The topological polar surface area (TPSA) is 26.3 Å². The van der Waals surface area contributed by atoms with Gasteiger partial charge in [0.15, 0.2) is 58.2 Å². The van der Waals surface area contributed by atoms with Gasteiger partial charge in [0.05, 0.1) is 11.8 Å². The van der Waals surface area contributed by atoms with Crippen molar-refractivity contribution in [3.63, 3.8) is 0 Å². The number of rotatable bonds is 5. The van der Waals surface area contributed by atoms with Crippen LogP contribution in [0, 0.1) is 58.2 Å². The third-order valence-electron chi connectivity index (χ3n) is 4.57. The van der Waals surface area contributed by atoms with E-state index in [4.69, 9.17) is 0 Å². The minimum absolute atomic E-state index is 0.0869. The van der Waals surface area contributed by atoms with Crippen LogP contribution < -0.4 is 10.9 Å². The first-order chi connectivity index (χ1) is 16.0. The molecule has 2 nitrogen and oxygen atoms in total. The monoisotopic (exact) mass is 492 g/mol. The predicted octanol–water partition coefficient (Wildman–Crippen LogP) is 4.60. The average Bonchev–Trinajstić information content (AvgIpc) is 2.84. The molecule has 0 saturated heterocycles. The van der Waals surface area contributed by atoms with Crippen molar-refractivity contribution in [1.29, 1.82) is 0 Å². The summed E-state index contributed by atoms with van der Waals surface area (Å²) in [5.74, 6) is -26.8. The van der Waals surface area contributed by atoms with Crippen molar-refractivity contribution in [3.05, 3.63) is 106 Å². The van der Waals surface area contributed by atoms with Gasteiger partial charge in [-0.1, -0.05) is 24.2 Å². The number of halogens is 10. The number of hydrogen-bond acceptors (Lipinski definition) is 2. The van der Waals surface area contributed by atoms with Crippen molar-refractivity contribution in [2.75, 3.05) is 0 Å². The van der Waals surface area contributed by atoms with E-state index in [1.165, 1.54) is 30.3 Å². The van der Waals surface area contributed by atoms with Gasteiger partial charge in [0.2, 0.25) is 0 Å². The fraction of sp³-hybridized carbons (Fsp3) is 0. The molecule has 3 rings (SSSR count). The van der Waals surface area contributed by atoms with Crippen LogP contribution in [0.25, 0.3) is 0 Å². The van der Waals surface area contributed by atoms with Crippen molar-refractivity contribution in [2.45, 2.75) is 0 Å². The quantitative estimate of drug-likeness (QED) is 0.130. The van der Waals surface area contributed by atoms with Gasteiger partial charge >= 0.3 is 5.97 Å². The van der Waals surface area contributed by atoms with Crippen LogP contribution in [0.15, 0.2) is 42.6 Å². The molecule has 0 fully saturated rings. The van der Waals surface area contributed by atoms with Crippen LogP contribution in [0.3, 0.4) is 0 Å². The van der Waals surface area contributed by atoms with Gasteiger partial charge in [-0.2, -0.15) is 0 Å². The Labute approximate surface area is 184 Å². The lowest BCUT2D eigenvalue weighted by atomic mass is 9.40. The minimum Gasteiger partial charge on any atom is -0.432 e. The fourth-order valence-electron chi connectivity index (χ4n) is 2.95. The van der Waals surface area contributed by atoms with E-state index in [1.54, 1.807) is 0 Å². The zero-order chi connectivity index (χ0) is 25.3. The van der Waals surface area contributed by atoms with Gasteiger partial charge in [-0.3, -0.25) is 0 Å². The molecular formula is C21H7BF10O2. The molecule has 0 bridgehead atoms. The zero-order valence-corrected chi connectivity index (χ0v) is 16.2. The van der Waals surface area contributed by atoms with Gasteiger partial charge in [0.25, 0.3) is 6.71 Å². The molecule has 0 atom stereocenters. The Morgan fingerprint density at radius 2 is 0.941 bits per heavy atom. The average molecular weight is 492 g/mol. The fourth-order valence-corrected chi connectivity index (χ4v) is 2.95. The number of carbonyl (C=O) groups is 1. The Balaban J connectivity index is 2.22. The normalized spacial score (nSPS) is 11.2. The van der Waals surface area contributed by atoms with Gasteiger partial charge < -0.3 is 4.74 Å². The minimum atomic E-state index is -2.81. The maximum Gasteiger partial charge on any atom is 0.342 e. The molecule has 0 saturated carbocycles. The molecular weight excluding hydrogens is 485 g/mol. The Morgan fingerprint density at radius 3 is 1.32 bits per heavy atom. The maximum atomic E-state index is 14.4. The van der Waals surface area contributed by atoms with Crippen LogP contribution in [0.1, 0.15) is 10.4 Å². The lowest BCUT2D eigenvalue weighted by molar-refractivity contribution is 0.0663. The number of hydrogen-bond donors (Lipinski definition) is 0. The highest BCUT2D eigenvalue weighted by molar-refractivity contribution is 6.89. The van der Waals surface area contributed by atoms with Crippen LogP contribution in [0.5, 0.6) is 0 Å². The summed E-state index contributed by atoms with van der Waals surface area (Å²) in [4.78, 5) is 12.0. The van der Waals surface area contributed by atoms with E-state index >= 15 is 0 Å². The number of esters is 1. The van der Waals surface area contributed by atoms with Gasteiger partial charge in [-0.05, 0) is 12.1 Å². The number of carbonyl (C=O) groups excluding carboxylic acids is 1. The molecule has 0 aromatic heterocycles. The summed E-state index contributed by atoms with van der Waals surface area (Å²) in [7, 11) is 0. The molecule has 34 heavy (non-hydrogen) atoms. The Kier molecular flexibility index (Phi) is 7.03. The second-order valence-electron chi connectivity index (χ2n) is 6.54. The van der Waals surface area contributed by atoms with E-state index in [0.29, 0.717) is 0 Å². The molecule has 0 aliphatic carbocycles. The first-order valence-corrected chi connectivity index (χ1v) is 8.94. The lowest BCUT2D eigenvalue weighted by Gasteiger charge is -2.16. The van der Waals surface area contributed by atoms with Crippen molar-refractivity contribution < 1.29 is 53.4 Å². The van der Waals surface area contributed by atoms with Crippen molar-refractivity contribution >= 4 is 23.6 Å². The highest BCUT2D eigenvalue weighted by Gasteiger charge is 2.38. The summed E-state index contributed by atoms with van der Waals surface area (Å²) in [5, 5.41) is 0. The van der Waals surface area contributed by atoms with Gasteiger partial charge in [0.1, 0.15) is 0 Å². The van der Waals surface area contributed by atoms with E-state index in [-0.39, 0.29) is 17.8 Å². The van der Waals surface area contributed by atoms with E-state index in [0.717, 1.165) is 0 Å². The Bertz CT molecular complexity index is 1180. The summed E-state index contributed by atoms with van der Waals surface area (Å²) in [6, 6.07) is 6.85. The predicted molar refractivity (Wildman–Crippen MR) is 98.5 cm³/mol. The number of ether oxygens (including phenoxy) is 1. The largest absolute Gasteiger partial charge is 0.432 e. The van der Waals surface area contributed by atoms with E-state index < -0.39 is 81.8 Å². The molecule has 0 aliphatic rings. The highest BCUT2D eigenvalue weighted by atomic mass is 19.2. The van der Waals surface area contributed by atoms with E-state index in [9.17, 15) is 48.7 Å². The number of benzene rings is 3. The third-order valence-corrected chi connectivity index (χ3v) is 4.57. The smallest absolute Gasteiger partial charge is 0.342 e. The molecule has 0 heterocycles. The van der Waals surface area contributed by atoms with Crippen molar-refractivity contribution in [3.8, 4) is 0 Å². The molecule has 0 radical (unpaired) electrons. The molecule has 0 unspecified atom stereocenters. The molecule has 176 valence electrons. The molecule has 0 N–H and O–H groups in total. The molecule has 0 aliphatic heterocycles. The van der Waals surface area contributed by atoms with Crippen molar-refractivity contribution in [2.24, 2.45) is 0 Å². The van der Waals surface area contributed by atoms with Crippen LogP contribution in [-0.2, 0) is 4.74 Å². The molecule has 0 spiro atoms. The molecule has 13 heteroatoms. The zero-order valence-electron chi connectivity index (χ0n) is 16.2. The van der Waals surface area contributed by atoms with Crippen LogP contribution in [-0.4, -0.2) is 12.7 Å². The maximum absolute atomic E-state index is 14.4. The van der Waals surface area contributed by atoms with Gasteiger partial charge in [0, 0.05) is 10.9 Å². The molecule has 0 amide bonds. The van der Waals surface area contributed by atoms with Crippen LogP contribution in [0.4, 0.5) is 43.9 Å². The summed E-state index contributed by atoms with van der Waals surface area (Å²) in [6.07, 6.45) is 0.246. The van der Waals surface area contributed by atoms with Gasteiger partial charge in [-0.15, -0.1) is 0 Å². The summed E-state index contributed by atoms with van der Waals surface area (Å²) in [5.41, 5.74) is -3.99.